The van der Waals surface area contributed by atoms with Crippen molar-refractivity contribution in [1.29, 1.82) is 0 Å². The van der Waals surface area contributed by atoms with Crippen LogP contribution in [0.5, 0.6) is 0 Å². The van der Waals surface area contributed by atoms with Crippen molar-refractivity contribution in [2.45, 2.75) is 52.5 Å². The molecule has 0 spiro atoms. The standard InChI is InChI=1S/C18H26ClNO/c1-4-7-13(8-5-2)18(20-6-3)17-12-14-11-15(19)9-10-16(14)21-17/h9-13,18,20H,4-8H2,1-3H3. The van der Waals surface area contributed by atoms with Crippen LogP contribution in [0.15, 0.2) is 28.7 Å². The average Bonchev–Trinajstić information content (AvgIpc) is 2.87. The van der Waals surface area contributed by atoms with Crippen molar-refractivity contribution in [1.82, 2.24) is 5.32 Å². The van der Waals surface area contributed by atoms with Gasteiger partial charge in [-0.05, 0) is 49.6 Å². The lowest BCUT2D eigenvalue weighted by atomic mass is 9.89. The van der Waals surface area contributed by atoms with Crippen LogP contribution in [0.25, 0.3) is 11.0 Å². The van der Waals surface area contributed by atoms with Gasteiger partial charge >= 0.3 is 0 Å². The number of fused-ring (bicyclic) bond motifs is 1. The van der Waals surface area contributed by atoms with E-state index >= 15 is 0 Å². The smallest absolute Gasteiger partial charge is 0.134 e. The SMILES string of the molecule is CCCC(CCC)C(NCC)c1cc2cc(Cl)ccc2o1. The Morgan fingerprint density at radius 3 is 2.43 bits per heavy atom. The number of hydrogen-bond donors (Lipinski definition) is 1. The summed E-state index contributed by atoms with van der Waals surface area (Å²) in [6, 6.07) is 8.25. The van der Waals surface area contributed by atoms with Crippen LogP contribution in [0.1, 0.15) is 58.3 Å². The molecule has 3 heteroatoms. The van der Waals surface area contributed by atoms with Gasteiger partial charge in [-0.2, -0.15) is 0 Å². The third kappa shape index (κ3) is 4.02. The van der Waals surface area contributed by atoms with Gasteiger partial charge in [-0.3, -0.25) is 0 Å². The zero-order chi connectivity index (χ0) is 15.2. The van der Waals surface area contributed by atoms with Crippen LogP contribution in [-0.4, -0.2) is 6.54 Å². The molecule has 1 unspecified atom stereocenters. The maximum atomic E-state index is 6.09. The Kier molecular flexibility index (Phi) is 6.13. The van der Waals surface area contributed by atoms with Crippen molar-refractivity contribution < 1.29 is 4.42 Å². The lowest BCUT2D eigenvalue weighted by molar-refractivity contribution is 0.285. The first kappa shape index (κ1) is 16.4. The molecule has 0 aliphatic carbocycles. The van der Waals surface area contributed by atoms with Gasteiger partial charge in [0.1, 0.15) is 11.3 Å². The summed E-state index contributed by atoms with van der Waals surface area (Å²) in [4.78, 5) is 0. The van der Waals surface area contributed by atoms with Crippen LogP contribution in [-0.2, 0) is 0 Å². The topological polar surface area (TPSA) is 25.2 Å². The summed E-state index contributed by atoms with van der Waals surface area (Å²) in [5.41, 5.74) is 0.920. The van der Waals surface area contributed by atoms with Gasteiger partial charge in [-0.25, -0.2) is 0 Å². The number of furan rings is 1. The van der Waals surface area contributed by atoms with E-state index < -0.39 is 0 Å². The Hall–Kier alpha value is -0.990. The molecule has 2 rings (SSSR count). The Morgan fingerprint density at radius 1 is 1.10 bits per heavy atom. The van der Waals surface area contributed by atoms with Gasteiger partial charge in [0.2, 0.25) is 0 Å². The molecule has 0 aliphatic heterocycles. The maximum absolute atomic E-state index is 6.09. The van der Waals surface area contributed by atoms with Gasteiger partial charge in [-0.1, -0.05) is 45.2 Å². The minimum atomic E-state index is 0.293. The number of rotatable bonds is 8. The Balaban J connectivity index is 2.33. The van der Waals surface area contributed by atoms with Gasteiger partial charge < -0.3 is 9.73 Å². The van der Waals surface area contributed by atoms with Crippen molar-refractivity contribution in [2.24, 2.45) is 5.92 Å². The number of halogens is 1. The van der Waals surface area contributed by atoms with Gasteiger partial charge in [0.05, 0.1) is 6.04 Å². The quantitative estimate of drug-likeness (QED) is 0.651. The Bertz CT molecular complexity index is 557. The lowest BCUT2D eigenvalue weighted by Gasteiger charge is -2.25. The van der Waals surface area contributed by atoms with E-state index in [1.807, 2.05) is 18.2 Å². The molecular formula is C18H26ClNO. The highest BCUT2D eigenvalue weighted by Gasteiger charge is 2.24. The van der Waals surface area contributed by atoms with Gasteiger partial charge in [0.25, 0.3) is 0 Å². The van der Waals surface area contributed by atoms with Crippen molar-refractivity contribution in [3.63, 3.8) is 0 Å². The summed E-state index contributed by atoms with van der Waals surface area (Å²) in [6.45, 7) is 7.61. The number of nitrogens with one attached hydrogen (secondary N) is 1. The number of benzene rings is 1. The summed E-state index contributed by atoms with van der Waals surface area (Å²) in [5.74, 6) is 1.66. The van der Waals surface area contributed by atoms with E-state index in [1.165, 1.54) is 25.7 Å². The second-order valence-electron chi connectivity index (χ2n) is 5.70. The van der Waals surface area contributed by atoms with E-state index in [0.717, 1.165) is 28.3 Å². The minimum Gasteiger partial charge on any atom is -0.459 e. The molecule has 0 saturated heterocycles. The van der Waals surface area contributed by atoms with E-state index in [0.29, 0.717) is 12.0 Å². The first-order valence-corrected chi connectivity index (χ1v) is 8.49. The molecule has 0 aliphatic rings. The molecule has 0 amide bonds. The normalized spacial score (nSPS) is 13.2. The third-order valence-electron chi connectivity index (χ3n) is 4.02. The predicted molar refractivity (Wildman–Crippen MR) is 90.9 cm³/mol. The largest absolute Gasteiger partial charge is 0.459 e. The summed E-state index contributed by atoms with van der Waals surface area (Å²) >= 11 is 6.07. The van der Waals surface area contributed by atoms with Crippen molar-refractivity contribution in [3.8, 4) is 0 Å². The van der Waals surface area contributed by atoms with Crippen molar-refractivity contribution >= 4 is 22.6 Å². The molecule has 116 valence electrons. The van der Waals surface area contributed by atoms with Gasteiger partial charge in [-0.15, -0.1) is 0 Å². The van der Waals surface area contributed by atoms with E-state index in [9.17, 15) is 0 Å². The molecule has 0 fully saturated rings. The molecule has 1 aromatic heterocycles. The molecule has 1 aromatic carbocycles. The van der Waals surface area contributed by atoms with Crippen LogP contribution in [0, 0.1) is 5.92 Å². The summed E-state index contributed by atoms with van der Waals surface area (Å²) in [5, 5.41) is 5.47. The molecular weight excluding hydrogens is 282 g/mol. The fourth-order valence-corrected chi connectivity index (χ4v) is 3.31. The van der Waals surface area contributed by atoms with Gasteiger partial charge in [0, 0.05) is 10.4 Å². The van der Waals surface area contributed by atoms with Crippen molar-refractivity contribution in [3.05, 3.63) is 35.0 Å². The van der Waals surface area contributed by atoms with E-state index in [-0.39, 0.29) is 0 Å². The average molecular weight is 308 g/mol. The predicted octanol–water partition coefficient (Wildman–Crippen LogP) is 5.95. The molecule has 2 aromatic rings. The monoisotopic (exact) mass is 307 g/mol. The Morgan fingerprint density at radius 2 is 1.81 bits per heavy atom. The fourth-order valence-electron chi connectivity index (χ4n) is 3.13. The molecule has 0 saturated carbocycles. The second kappa shape index (κ2) is 7.86. The van der Waals surface area contributed by atoms with Crippen LogP contribution in [0.4, 0.5) is 0 Å². The molecule has 2 nitrogen and oxygen atoms in total. The molecule has 21 heavy (non-hydrogen) atoms. The van der Waals surface area contributed by atoms with E-state index in [1.54, 1.807) is 0 Å². The zero-order valence-electron chi connectivity index (χ0n) is 13.3. The van der Waals surface area contributed by atoms with Crippen LogP contribution >= 0.6 is 11.6 Å². The molecule has 1 atom stereocenters. The van der Waals surface area contributed by atoms with Gasteiger partial charge in [0.15, 0.2) is 0 Å². The van der Waals surface area contributed by atoms with E-state index in [4.69, 9.17) is 16.0 Å². The first-order valence-electron chi connectivity index (χ1n) is 8.11. The summed E-state index contributed by atoms with van der Waals surface area (Å²) in [7, 11) is 0. The molecule has 1 N–H and O–H groups in total. The third-order valence-corrected chi connectivity index (χ3v) is 4.25. The van der Waals surface area contributed by atoms with Crippen molar-refractivity contribution in [2.75, 3.05) is 6.54 Å². The fraction of sp³-hybridized carbons (Fsp3) is 0.556. The minimum absolute atomic E-state index is 0.293. The first-order chi connectivity index (χ1) is 10.2. The highest BCUT2D eigenvalue weighted by atomic mass is 35.5. The van der Waals surface area contributed by atoms with Crippen LogP contribution < -0.4 is 5.32 Å². The highest BCUT2D eigenvalue weighted by molar-refractivity contribution is 6.31. The molecule has 1 heterocycles. The second-order valence-corrected chi connectivity index (χ2v) is 6.14. The summed E-state index contributed by atoms with van der Waals surface area (Å²) < 4.78 is 6.09. The number of hydrogen-bond acceptors (Lipinski definition) is 2. The maximum Gasteiger partial charge on any atom is 0.134 e. The van der Waals surface area contributed by atoms with Crippen LogP contribution in [0.3, 0.4) is 0 Å². The highest BCUT2D eigenvalue weighted by Crippen LogP contribution is 2.33. The Labute approximate surface area is 132 Å². The summed E-state index contributed by atoms with van der Waals surface area (Å²) in [6.07, 6.45) is 4.86. The van der Waals surface area contributed by atoms with Crippen LogP contribution in [0.2, 0.25) is 5.02 Å². The zero-order valence-corrected chi connectivity index (χ0v) is 14.0. The van der Waals surface area contributed by atoms with E-state index in [2.05, 4.69) is 32.2 Å². The molecule has 0 bridgehead atoms. The lowest BCUT2D eigenvalue weighted by Crippen LogP contribution is -2.28. The molecule has 0 radical (unpaired) electrons.